The molecule has 1 aliphatic rings. The first-order valence-corrected chi connectivity index (χ1v) is 8.58. The minimum atomic E-state index is -3.92. The Morgan fingerprint density at radius 3 is 2.58 bits per heavy atom. The summed E-state index contributed by atoms with van der Waals surface area (Å²) in [7, 11) is -2.65. The maximum absolute atomic E-state index is 12.7. The van der Waals surface area contributed by atoms with Gasteiger partial charge in [-0.3, -0.25) is 10.1 Å². The number of carbonyl (C=O) groups excluding carboxylic acids is 1. The van der Waals surface area contributed by atoms with E-state index in [1.807, 2.05) is 0 Å². The zero-order valence-electron chi connectivity index (χ0n) is 13.0. The molecule has 11 heteroatoms. The summed E-state index contributed by atoms with van der Waals surface area (Å²) in [6, 6.07) is 2.89. The van der Waals surface area contributed by atoms with E-state index in [1.54, 1.807) is 0 Å². The van der Waals surface area contributed by atoms with Crippen molar-refractivity contribution in [3.63, 3.8) is 0 Å². The van der Waals surface area contributed by atoms with Crippen LogP contribution < -0.4 is 10.5 Å². The second-order valence-corrected chi connectivity index (χ2v) is 7.11. The van der Waals surface area contributed by atoms with Crippen LogP contribution in [-0.2, 0) is 10.0 Å². The number of methoxy groups -OCH3 is 1. The Balaban J connectivity index is 2.32. The van der Waals surface area contributed by atoms with Crippen LogP contribution in [-0.4, -0.2) is 61.9 Å². The first-order valence-electron chi connectivity index (χ1n) is 7.14. The van der Waals surface area contributed by atoms with Gasteiger partial charge in [-0.15, -0.1) is 0 Å². The van der Waals surface area contributed by atoms with Crippen molar-refractivity contribution in [2.24, 2.45) is 5.73 Å². The zero-order chi connectivity index (χ0) is 17.9. The fourth-order valence-electron chi connectivity index (χ4n) is 2.48. The van der Waals surface area contributed by atoms with Gasteiger partial charge in [0.2, 0.25) is 10.0 Å². The monoisotopic (exact) mass is 358 g/mol. The predicted octanol–water partition coefficient (Wildman–Crippen LogP) is 0.379. The molecule has 0 spiro atoms. The van der Waals surface area contributed by atoms with Crippen molar-refractivity contribution in [2.45, 2.75) is 11.3 Å². The fourth-order valence-corrected chi connectivity index (χ4v) is 3.97. The Hall–Kier alpha value is -2.40. The third-order valence-corrected chi connectivity index (χ3v) is 5.65. The molecule has 2 amide bonds. The lowest BCUT2D eigenvalue weighted by Crippen LogP contribution is -2.39. The molecule has 10 nitrogen and oxygen atoms in total. The summed E-state index contributed by atoms with van der Waals surface area (Å²) in [5, 5.41) is 11.1. The molecule has 132 valence electrons. The standard InChI is InChI=1S/C13H18N4O6S/c1-23-12-4-3-10(9-11(12)17(19)20)24(21,22)16-6-2-5-15(7-8-16)13(14)18/h3-4,9H,2,5-8H2,1H3,(H2,14,18). The van der Waals surface area contributed by atoms with Crippen LogP contribution in [0.1, 0.15) is 6.42 Å². The minimum absolute atomic E-state index is 0.0188. The number of nitrogens with two attached hydrogens (primary N) is 1. The Morgan fingerprint density at radius 1 is 1.29 bits per heavy atom. The van der Waals surface area contributed by atoms with Crippen LogP contribution >= 0.6 is 0 Å². The molecule has 0 radical (unpaired) electrons. The van der Waals surface area contributed by atoms with Crippen molar-refractivity contribution < 1.29 is 22.9 Å². The lowest BCUT2D eigenvalue weighted by atomic mass is 10.3. The third kappa shape index (κ3) is 3.57. The molecule has 1 aromatic carbocycles. The van der Waals surface area contributed by atoms with E-state index in [9.17, 15) is 23.3 Å². The largest absolute Gasteiger partial charge is 0.490 e. The quantitative estimate of drug-likeness (QED) is 0.610. The first-order chi connectivity index (χ1) is 11.3. The van der Waals surface area contributed by atoms with E-state index in [1.165, 1.54) is 28.4 Å². The minimum Gasteiger partial charge on any atom is -0.490 e. The molecule has 0 saturated carbocycles. The molecule has 2 N–H and O–H groups in total. The lowest BCUT2D eigenvalue weighted by molar-refractivity contribution is -0.386. The zero-order valence-corrected chi connectivity index (χ0v) is 13.9. The number of nitro benzene ring substituents is 1. The molecule has 0 unspecified atom stereocenters. The van der Waals surface area contributed by atoms with Crippen molar-refractivity contribution in [1.82, 2.24) is 9.21 Å². The fraction of sp³-hybridized carbons (Fsp3) is 0.462. The van der Waals surface area contributed by atoms with E-state index < -0.39 is 26.7 Å². The van der Waals surface area contributed by atoms with Crippen LogP contribution in [0.2, 0.25) is 0 Å². The van der Waals surface area contributed by atoms with Gasteiger partial charge in [-0.05, 0) is 18.6 Å². The molecule has 0 aliphatic carbocycles. The highest BCUT2D eigenvalue weighted by atomic mass is 32.2. The van der Waals surface area contributed by atoms with Gasteiger partial charge in [-0.25, -0.2) is 13.2 Å². The molecule has 1 heterocycles. The number of hydrogen-bond donors (Lipinski definition) is 1. The first kappa shape index (κ1) is 17.9. The molecule has 0 atom stereocenters. The summed E-state index contributed by atoms with van der Waals surface area (Å²) in [4.78, 5) is 22.8. The van der Waals surface area contributed by atoms with Crippen molar-refractivity contribution in [3.8, 4) is 5.75 Å². The van der Waals surface area contributed by atoms with Gasteiger partial charge >= 0.3 is 11.7 Å². The molecular formula is C13H18N4O6S. The van der Waals surface area contributed by atoms with E-state index in [0.29, 0.717) is 13.0 Å². The van der Waals surface area contributed by atoms with Crippen LogP contribution in [0.15, 0.2) is 23.1 Å². The number of nitrogens with zero attached hydrogens (tertiary/aromatic N) is 3. The van der Waals surface area contributed by atoms with Gasteiger partial charge in [-0.1, -0.05) is 0 Å². The topological polar surface area (TPSA) is 136 Å². The second-order valence-electron chi connectivity index (χ2n) is 5.17. The maximum Gasteiger partial charge on any atom is 0.314 e. The van der Waals surface area contributed by atoms with Gasteiger partial charge < -0.3 is 15.4 Å². The van der Waals surface area contributed by atoms with Crippen molar-refractivity contribution >= 4 is 21.7 Å². The number of primary amides is 1. The highest BCUT2D eigenvalue weighted by Gasteiger charge is 2.30. The van der Waals surface area contributed by atoms with Gasteiger partial charge in [0.15, 0.2) is 5.75 Å². The molecule has 2 rings (SSSR count). The van der Waals surface area contributed by atoms with Crippen LogP contribution in [0.5, 0.6) is 5.75 Å². The molecule has 0 bridgehead atoms. The van der Waals surface area contributed by atoms with Crippen molar-refractivity contribution in [2.75, 3.05) is 33.3 Å². The number of urea groups is 1. The Kier molecular flexibility index (Phi) is 5.24. The summed E-state index contributed by atoms with van der Waals surface area (Å²) < 4.78 is 31.5. The summed E-state index contributed by atoms with van der Waals surface area (Å²) in [6.07, 6.45) is 0.431. The van der Waals surface area contributed by atoms with E-state index in [-0.39, 0.29) is 30.3 Å². The molecule has 1 fully saturated rings. The van der Waals surface area contributed by atoms with Crippen LogP contribution in [0.3, 0.4) is 0 Å². The molecule has 1 saturated heterocycles. The summed E-state index contributed by atoms with van der Waals surface area (Å²) >= 11 is 0. The normalized spacial score (nSPS) is 16.5. The van der Waals surface area contributed by atoms with E-state index in [2.05, 4.69) is 0 Å². The molecule has 0 aromatic heterocycles. The average molecular weight is 358 g/mol. The van der Waals surface area contributed by atoms with E-state index >= 15 is 0 Å². The number of nitro groups is 1. The highest BCUT2D eigenvalue weighted by Crippen LogP contribution is 2.30. The number of rotatable bonds is 4. The predicted molar refractivity (Wildman–Crippen MR) is 84.2 cm³/mol. The SMILES string of the molecule is COc1ccc(S(=O)(=O)N2CCCN(C(N)=O)CC2)cc1[N+](=O)[O-]. The number of hydrogen-bond acceptors (Lipinski definition) is 6. The van der Waals surface area contributed by atoms with Crippen LogP contribution in [0, 0.1) is 10.1 Å². The van der Waals surface area contributed by atoms with Gasteiger partial charge in [-0.2, -0.15) is 4.31 Å². The maximum atomic E-state index is 12.7. The van der Waals surface area contributed by atoms with Gasteiger partial charge in [0.1, 0.15) is 0 Å². The Labute approximate surface area is 139 Å². The Bertz CT molecular complexity index is 751. The Morgan fingerprint density at radius 2 is 2.00 bits per heavy atom. The number of amides is 2. The van der Waals surface area contributed by atoms with Crippen LogP contribution in [0.4, 0.5) is 10.5 Å². The van der Waals surface area contributed by atoms with Crippen molar-refractivity contribution in [1.29, 1.82) is 0 Å². The second kappa shape index (κ2) is 7.01. The van der Waals surface area contributed by atoms with Gasteiger partial charge in [0.05, 0.1) is 16.9 Å². The summed E-state index contributed by atoms with van der Waals surface area (Å²) in [5.41, 5.74) is 4.79. The molecule has 24 heavy (non-hydrogen) atoms. The number of carbonyl (C=O) groups is 1. The average Bonchev–Trinajstić information content (AvgIpc) is 2.80. The smallest absolute Gasteiger partial charge is 0.314 e. The number of ether oxygens (including phenoxy) is 1. The van der Waals surface area contributed by atoms with Crippen LogP contribution in [0.25, 0.3) is 0 Å². The summed E-state index contributed by atoms with van der Waals surface area (Å²) in [5.74, 6) is -0.0188. The number of benzene rings is 1. The number of sulfonamides is 1. The third-order valence-electron chi connectivity index (χ3n) is 3.75. The van der Waals surface area contributed by atoms with Crippen molar-refractivity contribution in [3.05, 3.63) is 28.3 Å². The van der Waals surface area contributed by atoms with E-state index in [4.69, 9.17) is 10.5 Å². The van der Waals surface area contributed by atoms with E-state index in [0.717, 1.165) is 6.07 Å². The van der Waals surface area contributed by atoms with Gasteiger partial charge in [0.25, 0.3) is 0 Å². The lowest BCUT2D eigenvalue weighted by Gasteiger charge is -2.20. The summed E-state index contributed by atoms with van der Waals surface area (Å²) in [6.45, 7) is 0.813. The molecular weight excluding hydrogens is 340 g/mol. The molecule has 1 aromatic rings. The van der Waals surface area contributed by atoms with Gasteiger partial charge in [0, 0.05) is 32.2 Å². The molecule has 1 aliphatic heterocycles. The highest BCUT2D eigenvalue weighted by molar-refractivity contribution is 7.89.